The molecule has 0 saturated carbocycles. The molecular formula is C20H24ClFN4O9P2. The molecule has 6 N–H and O–H groups in total. The van der Waals surface area contributed by atoms with E-state index in [1.54, 1.807) is 12.1 Å². The van der Waals surface area contributed by atoms with Crippen molar-refractivity contribution in [1.29, 1.82) is 0 Å². The monoisotopic (exact) mass is 580 g/mol. The Labute approximate surface area is 214 Å². The molecule has 3 heterocycles. The number of nitrogens with zero attached hydrogens (tertiary/aromatic N) is 3. The summed E-state index contributed by atoms with van der Waals surface area (Å²) < 4.78 is 48.2. The predicted octanol–water partition coefficient (Wildman–Crippen LogP) is 2.19. The van der Waals surface area contributed by atoms with Crippen LogP contribution in [0.4, 0.5) is 10.1 Å². The molecular weight excluding hydrogens is 557 g/mol. The second-order valence-corrected chi connectivity index (χ2v) is 12.9. The van der Waals surface area contributed by atoms with Gasteiger partial charge in [-0.2, -0.15) is 5.10 Å². The van der Waals surface area contributed by atoms with E-state index in [2.05, 4.69) is 15.4 Å². The lowest BCUT2D eigenvalue weighted by Gasteiger charge is -2.18. The van der Waals surface area contributed by atoms with Crippen LogP contribution in [-0.2, 0) is 18.4 Å². The lowest BCUT2D eigenvalue weighted by atomic mass is 10.1. The predicted molar refractivity (Wildman–Crippen MR) is 129 cm³/mol. The van der Waals surface area contributed by atoms with Crippen LogP contribution in [0.3, 0.4) is 0 Å². The third kappa shape index (κ3) is 6.55. The van der Waals surface area contributed by atoms with E-state index in [1.165, 1.54) is 28.9 Å². The molecule has 0 spiro atoms. The third-order valence-corrected chi connectivity index (χ3v) is 9.28. The number of aliphatic hydroxyl groups excluding tert-OH is 2. The van der Waals surface area contributed by atoms with E-state index in [0.717, 1.165) is 0 Å². The van der Waals surface area contributed by atoms with E-state index in [1.807, 2.05) is 6.92 Å². The molecule has 1 fully saturated rings. The molecule has 0 bridgehead atoms. The zero-order chi connectivity index (χ0) is 27.1. The normalized spacial score (nSPS) is 24.8. The highest BCUT2D eigenvalue weighted by Crippen LogP contribution is 2.55. The smallest absolute Gasteiger partial charge is 0.340 e. The minimum atomic E-state index is -4.85. The maximum absolute atomic E-state index is 13.6. The number of ether oxygens (including phenoxy) is 1. The molecule has 1 unspecified atom stereocenters. The second-order valence-electron chi connectivity index (χ2n) is 8.53. The quantitative estimate of drug-likeness (QED) is 0.202. The van der Waals surface area contributed by atoms with Crippen molar-refractivity contribution in [2.45, 2.75) is 37.4 Å². The molecule has 4 rings (SSSR count). The summed E-state index contributed by atoms with van der Waals surface area (Å²) in [5, 5.41) is 28.4. The maximum atomic E-state index is 13.6. The number of aliphatic hydroxyl groups is 2. The standard InChI is InChI=1S/C20H24ClFN4O9P2/c1-10(11-3-2-4-12(22)5-11)24-13-6-16(21)25-26-14(13)7-23-20(26)19-18(28)17(27)15(35-19)8-34-37(32,33)9-36(29,30)31/h2-7,10,15,17-19,24,27-28H,8-9H2,1H3,(H,32,33)(H2,29,30,31)/t10-,15+,17+,18+,19+/m0/s1. The number of halogens is 2. The topological polar surface area (TPSA) is 196 Å². The van der Waals surface area contributed by atoms with E-state index < -0.39 is 52.1 Å². The van der Waals surface area contributed by atoms with Gasteiger partial charge in [0.15, 0.2) is 16.9 Å². The lowest BCUT2D eigenvalue weighted by molar-refractivity contribution is -0.0217. The number of nitrogens with one attached hydrogen (secondary N) is 1. The van der Waals surface area contributed by atoms with Crippen LogP contribution >= 0.6 is 26.8 Å². The Morgan fingerprint density at radius 3 is 2.65 bits per heavy atom. The van der Waals surface area contributed by atoms with Crippen LogP contribution in [0, 0.1) is 5.82 Å². The number of anilines is 1. The average molecular weight is 581 g/mol. The Balaban J connectivity index is 1.55. The molecule has 3 aromatic rings. The molecule has 13 nitrogen and oxygen atoms in total. The fraction of sp³-hybridized carbons (Fsp3) is 0.400. The van der Waals surface area contributed by atoms with Gasteiger partial charge in [0.05, 0.1) is 18.5 Å². The fourth-order valence-electron chi connectivity index (χ4n) is 3.93. The summed E-state index contributed by atoms with van der Waals surface area (Å²) in [5.41, 5.74) is 1.59. The maximum Gasteiger partial charge on any atom is 0.340 e. The van der Waals surface area contributed by atoms with Gasteiger partial charge in [-0.05, 0) is 24.6 Å². The summed E-state index contributed by atoms with van der Waals surface area (Å²) in [4.78, 5) is 31.7. The largest absolute Gasteiger partial charge is 0.387 e. The second kappa shape index (κ2) is 10.7. The van der Waals surface area contributed by atoms with Gasteiger partial charge in [0.1, 0.15) is 35.7 Å². The molecule has 1 aliphatic rings. The van der Waals surface area contributed by atoms with Gasteiger partial charge >= 0.3 is 15.2 Å². The van der Waals surface area contributed by atoms with Crippen molar-refractivity contribution in [3.8, 4) is 0 Å². The van der Waals surface area contributed by atoms with Crippen LogP contribution < -0.4 is 5.32 Å². The fourth-order valence-corrected chi connectivity index (χ4v) is 6.69. The number of imidazole rings is 1. The molecule has 1 aliphatic heterocycles. The minimum absolute atomic E-state index is 0.0484. The van der Waals surface area contributed by atoms with Gasteiger partial charge in [0.2, 0.25) is 0 Å². The van der Waals surface area contributed by atoms with Crippen molar-refractivity contribution < 1.29 is 47.7 Å². The Kier molecular flexibility index (Phi) is 8.08. The molecule has 17 heteroatoms. The zero-order valence-electron chi connectivity index (χ0n) is 19.1. The van der Waals surface area contributed by atoms with Crippen LogP contribution in [-0.4, -0.2) is 70.3 Å². The Morgan fingerprint density at radius 1 is 1.24 bits per heavy atom. The van der Waals surface area contributed by atoms with Gasteiger partial charge in [-0.25, -0.2) is 13.9 Å². The van der Waals surface area contributed by atoms with Gasteiger partial charge < -0.3 is 39.5 Å². The molecule has 6 atom stereocenters. The zero-order valence-corrected chi connectivity index (χ0v) is 21.7. The third-order valence-electron chi connectivity index (χ3n) is 5.64. The van der Waals surface area contributed by atoms with Crippen molar-refractivity contribution in [1.82, 2.24) is 14.6 Å². The molecule has 0 radical (unpaired) electrons. The first-order valence-corrected chi connectivity index (χ1v) is 14.8. The molecule has 1 saturated heterocycles. The summed E-state index contributed by atoms with van der Waals surface area (Å²) >= 11 is 6.21. The van der Waals surface area contributed by atoms with E-state index in [9.17, 15) is 28.6 Å². The van der Waals surface area contributed by atoms with Gasteiger partial charge in [-0.3, -0.25) is 9.13 Å². The number of aromatic nitrogens is 3. The van der Waals surface area contributed by atoms with E-state index in [-0.39, 0.29) is 22.8 Å². The first kappa shape index (κ1) is 28.1. The van der Waals surface area contributed by atoms with E-state index in [4.69, 9.17) is 30.6 Å². The summed E-state index contributed by atoms with van der Waals surface area (Å²) in [5.74, 6) is -1.75. The number of hydrogen-bond acceptors (Lipinski definition) is 9. The molecule has 0 amide bonds. The number of rotatable bonds is 9. The van der Waals surface area contributed by atoms with Crippen molar-refractivity contribution in [3.05, 3.63) is 58.9 Å². The van der Waals surface area contributed by atoms with Crippen LogP contribution in [0.1, 0.15) is 30.5 Å². The molecule has 1 aromatic carbocycles. The van der Waals surface area contributed by atoms with Crippen LogP contribution in [0.5, 0.6) is 0 Å². The Bertz CT molecular complexity index is 1390. The van der Waals surface area contributed by atoms with Crippen molar-refractivity contribution >= 4 is 38.0 Å². The van der Waals surface area contributed by atoms with Gasteiger partial charge in [-0.15, -0.1) is 0 Å². The number of benzene rings is 1. The van der Waals surface area contributed by atoms with Crippen LogP contribution in [0.25, 0.3) is 5.52 Å². The van der Waals surface area contributed by atoms with Gasteiger partial charge in [0.25, 0.3) is 0 Å². The highest BCUT2D eigenvalue weighted by atomic mass is 35.5. The molecule has 37 heavy (non-hydrogen) atoms. The molecule has 0 aliphatic carbocycles. The summed E-state index contributed by atoms with van der Waals surface area (Å²) in [7, 11) is -9.55. The van der Waals surface area contributed by atoms with Gasteiger partial charge in [-0.1, -0.05) is 23.7 Å². The number of fused-ring (bicyclic) bond motifs is 1. The Morgan fingerprint density at radius 2 is 1.97 bits per heavy atom. The van der Waals surface area contributed by atoms with Gasteiger partial charge in [0, 0.05) is 12.1 Å². The highest BCUT2D eigenvalue weighted by molar-refractivity contribution is 7.70. The first-order chi connectivity index (χ1) is 17.2. The average Bonchev–Trinajstić information content (AvgIpc) is 3.32. The van der Waals surface area contributed by atoms with Crippen LogP contribution in [0.15, 0.2) is 36.5 Å². The van der Waals surface area contributed by atoms with Crippen molar-refractivity contribution in [2.24, 2.45) is 0 Å². The minimum Gasteiger partial charge on any atom is -0.387 e. The molecule has 202 valence electrons. The van der Waals surface area contributed by atoms with Crippen LogP contribution in [0.2, 0.25) is 5.15 Å². The van der Waals surface area contributed by atoms with Crippen molar-refractivity contribution in [2.75, 3.05) is 17.8 Å². The SMILES string of the molecule is C[C@H](Nc1cc(Cl)nn2c([C@@H]3O[C@H](COP(=O)(O)CP(=O)(O)O)[C@@H](O)[C@H]3O)ncc12)c1cccc(F)c1. The summed E-state index contributed by atoms with van der Waals surface area (Å²) in [6.45, 7) is 1.08. The Hall–Kier alpha value is -1.96. The lowest BCUT2D eigenvalue weighted by Crippen LogP contribution is -2.33. The van der Waals surface area contributed by atoms with Crippen molar-refractivity contribution in [3.63, 3.8) is 0 Å². The highest BCUT2D eigenvalue weighted by Gasteiger charge is 2.46. The summed E-state index contributed by atoms with van der Waals surface area (Å²) in [6, 6.07) is 7.25. The van der Waals surface area contributed by atoms with E-state index >= 15 is 0 Å². The van der Waals surface area contributed by atoms with E-state index in [0.29, 0.717) is 16.8 Å². The number of hydrogen-bond donors (Lipinski definition) is 6. The molecule has 2 aromatic heterocycles. The summed E-state index contributed by atoms with van der Waals surface area (Å²) in [6.07, 6.45) is -4.30. The first-order valence-electron chi connectivity index (χ1n) is 10.8.